The summed E-state index contributed by atoms with van der Waals surface area (Å²) in [5.74, 6) is -0.309. The van der Waals surface area contributed by atoms with Crippen LogP contribution in [-0.2, 0) is 6.42 Å². The number of hydrogen-bond donors (Lipinski definition) is 1. The Morgan fingerprint density at radius 3 is 2.81 bits per heavy atom. The molecule has 0 aliphatic heterocycles. The lowest BCUT2D eigenvalue weighted by molar-refractivity contribution is 0.0696. The number of nitrogens with one attached hydrogen (secondary N) is 1. The lowest BCUT2D eigenvalue weighted by Gasteiger charge is -2.08. The normalized spacial score (nSPS) is 10.6. The maximum atomic E-state index is 11.0. The van der Waals surface area contributed by atoms with Crippen molar-refractivity contribution in [2.45, 2.75) is 26.7 Å². The van der Waals surface area contributed by atoms with Gasteiger partial charge in [0, 0.05) is 16.6 Å². The smallest absolute Gasteiger partial charge is 0.549 e. The summed E-state index contributed by atoms with van der Waals surface area (Å²) in [5.41, 5.74) is 3.57. The van der Waals surface area contributed by atoms with Crippen LogP contribution in [0, 0.1) is 13.8 Å². The van der Waals surface area contributed by atoms with E-state index in [0.717, 1.165) is 24.2 Å². The summed E-state index contributed by atoms with van der Waals surface area (Å²) in [7, 11) is 0. The molecule has 0 spiro atoms. The third kappa shape index (κ3) is 3.76. The van der Waals surface area contributed by atoms with Crippen LogP contribution in [0.15, 0.2) is 18.2 Å². The van der Waals surface area contributed by atoms with Gasteiger partial charge in [0.2, 0.25) is 0 Å². The molecule has 0 amide bonds. The molecule has 3 N–H and O–H groups in total. The molecule has 0 aliphatic rings. The molecular formula is C15H18ClN2O3+. The van der Waals surface area contributed by atoms with Crippen molar-refractivity contribution in [1.82, 2.24) is 10.2 Å². The third-order valence-electron chi connectivity index (χ3n) is 3.30. The summed E-state index contributed by atoms with van der Waals surface area (Å²) < 4.78 is 5.61. The highest BCUT2D eigenvalue weighted by Crippen LogP contribution is 2.26. The van der Waals surface area contributed by atoms with Crippen molar-refractivity contribution in [2.24, 2.45) is 0 Å². The summed E-state index contributed by atoms with van der Waals surface area (Å²) in [6.07, 6.45) is 1.68. The van der Waals surface area contributed by atoms with Gasteiger partial charge in [-0.3, -0.25) is 5.10 Å². The van der Waals surface area contributed by atoms with E-state index < -0.39 is 5.97 Å². The van der Waals surface area contributed by atoms with E-state index in [1.165, 1.54) is 17.7 Å². The van der Waals surface area contributed by atoms with Crippen LogP contribution in [0.2, 0.25) is 5.02 Å². The first-order valence-electron chi connectivity index (χ1n) is 6.67. The Kier molecular flexibility index (Phi) is 4.85. The highest BCUT2D eigenvalue weighted by Gasteiger charge is 2.14. The van der Waals surface area contributed by atoms with Gasteiger partial charge in [0.15, 0.2) is 0 Å². The number of aromatic amines is 1. The van der Waals surface area contributed by atoms with E-state index in [0.29, 0.717) is 17.4 Å². The fraction of sp³-hybridized carbons (Fsp3) is 0.333. The second-order valence-electron chi connectivity index (χ2n) is 4.84. The summed E-state index contributed by atoms with van der Waals surface area (Å²) in [6.45, 7) is 4.45. The van der Waals surface area contributed by atoms with Gasteiger partial charge in [-0.2, -0.15) is 5.10 Å². The molecule has 0 saturated carbocycles. The Balaban J connectivity index is 1.92. The van der Waals surface area contributed by atoms with Crippen molar-refractivity contribution < 1.29 is 14.6 Å². The van der Waals surface area contributed by atoms with Gasteiger partial charge in [-0.15, -0.1) is 0 Å². The number of benzene rings is 1. The van der Waals surface area contributed by atoms with Crippen molar-refractivity contribution >= 4 is 17.6 Å². The van der Waals surface area contributed by atoms with E-state index >= 15 is 0 Å². The number of aromatic nitrogens is 2. The van der Waals surface area contributed by atoms with Crippen molar-refractivity contribution in [2.75, 3.05) is 6.61 Å². The molecule has 1 aromatic heterocycles. The average molecular weight is 310 g/mol. The summed E-state index contributed by atoms with van der Waals surface area (Å²) in [6, 6.07) is 4.60. The Morgan fingerprint density at radius 1 is 1.43 bits per heavy atom. The Hall–Kier alpha value is -2.01. The molecule has 5 nitrogen and oxygen atoms in total. The number of hydrogen-bond acceptors (Lipinski definition) is 3. The molecule has 2 aromatic rings. The SMILES string of the molecule is Cc1n[nH]c(C)c1CCCOc1cc(C(=O)[OH2+])ccc1Cl. The molecule has 1 heterocycles. The van der Waals surface area contributed by atoms with Gasteiger partial charge in [0.1, 0.15) is 11.3 Å². The monoisotopic (exact) mass is 309 g/mol. The van der Waals surface area contributed by atoms with Gasteiger partial charge in [-0.25, -0.2) is 0 Å². The van der Waals surface area contributed by atoms with Crippen LogP contribution in [-0.4, -0.2) is 27.9 Å². The zero-order valence-corrected chi connectivity index (χ0v) is 12.8. The quantitative estimate of drug-likeness (QED) is 0.658. The van der Waals surface area contributed by atoms with E-state index in [1.807, 2.05) is 13.8 Å². The van der Waals surface area contributed by atoms with E-state index in [4.69, 9.17) is 21.4 Å². The largest absolute Gasteiger partial charge is 0.561 e. The molecule has 6 heteroatoms. The lowest BCUT2D eigenvalue weighted by Crippen LogP contribution is -2.03. The molecule has 0 bridgehead atoms. The third-order valence-corrected chi connectivity index (χ3v) is 3.62. The topological polar surface area (TPSA) is 77.9 Å². The Morgan fingerprint density at radius 2 is 2.19 bits per heavy atom. The lowest BCUT2D eigenvalue weighted by atomic mass is 10.1. The van der Waals surface area contributed by atoms with Crippen LogP contribution in [0.25, 0.3) is 0 Å². The van der Waals surface area contributed by atoms with E-state index in [2.05, 4.69) is 10.2 Å². The minimum absolute atomic E-state index is 0.274. The number of aryl methyl sites for hydroxylation is 2. The summed E-state index contributed by atoms with van der Waals surface area (Å²) in [4.78, 5) is 11.0. The zero-order valence-electron chi connectivity index (χ0n) is 12.0. The van der Waals surface area contributed by atoms with Crippen LogP contribution in [0.4, 0.5) is 0 Å². The molecule has 1 aromatic carbocycles. The van der Waals surface area contributed by atoms with Crippen molar-refractivity contribution in [1.29, 1.82) is 0 Å². The first kappa shape index (κ1) is 15.4. The number of ether oxygens (including phenoxy) is 1. The molecule has 0 unspecified atom stereocenters. The number of nitrogens with zero attached hydrogens (tertiary/aromatic N) is 1. The summed E-state index contributed by atoms with van der Waals surface area (Å²) in [5, 5.41) is 14.6. The number of H-pyrrole nitrogens is 1. The predicted molar refractivity (Wildman–Crippen MR) is 81.3 cm³/mol. The zero-order chi connectivity index (χ0) is 15.4. The molecule has 0 radical (unpaired) electrons. The minimum atomic E-state index is -0.749. The van der Waals surface area contributed by atoms with Crippen LogP contribution in [0.3, 0.4) is 0 Å². The van der Waals surface area contributed by atoms with Gasteiger partial charge >= 0.3 is 5.97 Å². The van der Waals surface area contributed by atoms with E-state index in [-0.39, 0.29) is 5.56 Å². The van der Waals surface area contributed by atoms with Gasteiger partial charge in [-0.1, -0.05) is 11.6 Å². The second-order valence-corrected chi connectivity index (χ2v) is 5.25. The molecule has 21 heavy (non-hydrogen) atoms. The number of carbonyl (C=O) groups excluding carboxylic acids is 1. The van der Waals surface area contributed by atoms with E-state index in [9.17, 15) is 4.79 Å². The van der Waals surface area contributed by atoms with Gasteiger partial charge in [0.25, 0.3) is 0 Å². The van der Waals surface area contributed by atoms with Crippen molar-refractivity contribution in [3.63, 3.8) is 0 Å². The average Bonchev–Trinajstić information content (AvgIpc) is 2.76. The molecule has 0 aliphatic carbocycles. The highest BCUT2D eigenvalue weighted by atomic mass is 35.5. The molecule has 0 saturated heterocycles. The molecular weight excluding hydrogens is 292 g/mol. The first-order valence-corrected chi connectivity index (χ1v) is 7.05. The minimum Gasteiger partial charge on any atom is -0.561 e. The van der Waals surface area contributed by atoms with Crippen molar-refractivity contribution in [3.05, 3.63) is 45.7 Å². The van der Waals surface area contributed by atoms with Gasteiger partial charge in [0.05, 0.1) is 17.3 Å². The number of rotatable bonds is 6. The Bertz CT molecular complexity index is 633. The van der Waals surface area contributed by atoms with Crippen LogP contribution in [0.1, 0.15) is 33.7 Å². The van der Waals surface area contributed by atoms with E-state index in [1.54, 1.807) is 6.07 Å². The fourth-order valence-electron chi connectivity index (χ4n) is 2.13. The fourth-order valence-corrected chi connectivity index (χ4v) is 2.30. The second kappa shape index (κ2) is 6.63. The predicted octanol–water partition coefficient (Wildman–Crippen LogP) is 2.56. The molecule has 112 valence electrons. The van der Waals surface area contributed by atoms with Crippen LogP contribution < -0.4 is 4.74 Å². The van der Waals surface area contributed by atoms with Crippen LogP contribution in [0.5, 0.6) is 5.75 Å². The van der Waals surface area contributed by atoms with Crippen LogP contribution >= 0.6 is 11.6 Å². The van der Waals surface area contributed by atoms with Gasteiger partial charge < -0.3 is 9.84 Å². The number of halogens is 1. The molecule has 0 fully saturated rings. The Labute approximate surface area is 127 Å². The number of carbonyl (C=O) groups is 1. The highest BCUT2D eigenvalue weighted by molar-refractivity contribution is 6.32. The first-order chi connectivity index (χ1) is 9.99. The standard InChI is InChI=1S/C15H17ClN2O3/c1-9-12(10(2)18-17-9)4-3-7-21-14-8-11(15(19)20)5-6-13(14)16/h5-6,8H,3-4,7H2,1-2H3,(H,17,18)(H,19,20)/p+1. The van der Waals surface area contributed by atoms with Crippen molar-refractivity contribution in [3.8, 4) is 5.75 Å². The molecule has 2 rings (SSSR count). The molecule has 0 atom stereocenters. The maximum Gasteiger partial charge on any atom is 0.549 e. The summed E-state index contributed by atoms with van der Waals surface area (Å²) >= 11 is 6.02. The maximum absolute atomic E-state index is 11.0. The van der Waals surface area contributed by atoms with Gasteiger partial charge in [-0.05, 0) is 44.4 Å².